The Hall–Kier alpha value is -11.4. The molecule has 94 heavy (non-hydrogen) atoms. The van der Waals surface area contributed by atoms with Crippen molar-refractivity contribution < 1.29 is 45.2 Å². The quantitative estimate of drug-likeness (QED) is 0.0641. The van der Waals surface area contributed by atoms with Crippen molar-refractivity contribution in [3.63, 3.8) is 0 Å². The first-order chi connectivity index (χ1) is 46.0. The van der Waals surface area contributed by atoms with Crippen LogP contribution in [0.5, 0.6) is 0 Å². The zero-order valence-corrected chi connectivity index (χ0v) is 50.5. The van der Waals surface area contributed by atoms with Gasteiger partial charge in [0.2, 0.25) is 5.95 Å². The fraction of sp³-hybridized carbons (Fsp3) is 0.211. The van der Waals surface area contributed by atoms with Crippen molar-refractivity contribution in [2.75, 3.05) is 16.0 Å². The number of nitrogens with one attached hydrogen (secondary N) is 3. The van der Waals surface area contributed by atoms with Crippen LogP contribution >= 0.6 is 0 Å². The average Bonchev–Trinajstić information content (AvgIpc) is 1.66. The lowest BCUT2D eigenvalue weighted by Crippen LogP contribution is -2.12. The monoisotopic (exact) mass is 1270 g/mol. The highest BCUT2D eigenvalue weighted by atomic mass is 19.1. The summed E-state index contributed by atoms with van der Waals surface area (Å²) in [7, 11) is 0. The van der Waals surface area contributed by atoms with Crippen LogP contribution in [0.1, 0.15) is 127 Å². The van der Waals surface area contributed by atoms with Gasteiger partial charge in [0.25, 0.3) is 17.7 Å². The molecule has 3 aliphatic rings. The first-order valence-electron chi connectivity index (χ1n) is 31.0. The number of anilines is 3. The van der Waals surface area contributed by atoms with E-state index in [1.54, 1.807) is 110 Å². The molecule has 0 unspecified atom stereocenters. The van der Waals surface area contributed by atoms with Gasteiger partial charge >= 0.3 is 0 Å². The Bertz CT molecular complexity index is 4410. The van der Waals surface area contributed by atoms with Crippen LogP contribution in [0, 0.1) is 23.4 Å². The standard InChI is InChI=1S/C24H20F2N4O2.C24H21FN4O2.C23H20FN5O2/c25-17-7-3-4-8-18(17)29-24(31)20-11-10-19(32-20)23-22(15-9-12-21(26)27-13-15)28-14-30(23)16-5-1-2-6-16;25-18-9-3-4-10-19(18)28-24(30)21-12-11-20(31-21)23-22(16-6-5-13-26-14-16)27-15-29(23)17-7-1-2-8-17;24-17-7-3-4-8-18(17)28-23(30)20-10-9-19(31-20)22-21(15-11-25-13-26-12-15)27-14-29(22)16-5-1-2-6-16/h3-4,7-14,16H,1-2,5-6H2,(H,29,31);3-6,9-15,17H,1-2,7-8H2,(H,28,30);3-4,7-14,16H,1-2,5-6H2,(H,28,30). The highest BCUT2D eigenvalue weighted by molar-refractivity contribution is 6.04. The van der Waals surface area contributed by atoms with Crippen LogP contribution in [-0.4, -0.2) is 66.3 Å². The van der Waals surface area contributed by atoms with Gasteiger partial charge < -0.3 is 42.9 Å². The number of hydrogen-bond donors (Lipinski definition) is 3. The second-order valence-electron chi connectivity index (χ2n) is 22.9. The van der Waals surface area contributed by atoms with Gasteiger partial charge in [0, 0.05) is 65.8 Å². The maximum atomic E-state index is 13.9. The predicted octanol–water partition coefficient (Wildman–Crippen LogP) is 16.7. The minimum Gasteiger partial charge on any atom is -0.449 e. The lowest BCUT2D eigenvalue weighted by Gasteiger charge is -2.15. The van der Waals surface area contributed by atoms with Crippen LogP contribution in [0.15, 0.2) is 203 Å². The molecule has 9 heterocycles. The van der Waals surface area contributed by atoms with Gasteiger partial charge in [-0.25, -0.2) is 43.1 Å². The third-order valence-electron chi connectivity index (χ3n) is 16.9. The third kappa shape index (κ3) is 13.5. The molecule has 3 amide bonds. The van der Waals surface area contributed by atoms with Crippen molar-refractivity contribution in [3.05, 3.63) is 230 Å². The number of rotatable bonds is 15. The zero-order valence-electron chi connectivity index (χ0n) is 50.5. The van der Waals surface area contributed by atoms with E-state index in [0.717, 1.165) is 79.6 Å². The second-order valence-corrected chi connectivity index (χ2v) is 22.9. The molecule has 474 valence electrons. The van der Waals surface area contributed by atoms with E-state index in [9.17, 15) is 31.9 Å². The summed E-state index contributed by atoms with van der Waals surface area (Å²) in [6.45, 7) is 0. The molecule has 3 aromatic carbocycles. The van der Waals surface area contributed by atoms with Crippen molar-refractivity contribution in [1.29, 1.82) is 0 Å². The highest BCUT2D eigenvalue weighted by Crippen LogP contribution is 2.42. The lowest BCUT2D eigenvalue weighted by molar-refractivity contribution is 0.0989. The van der Waals surface area contributed by atoms with Crippen molar-refractivity contribution in [1.82, 2.24) is 48.6 Å². The van der Waals surface area contributed by atoms with Crippen LogP contribution in [0.25, 0.3) is 68.1 Å². The second kappa shape index (κ2) is 28.0. The molecule has 9 aromatic heterocycles. The average molecular weight is 1270 g/mol. The van der Waals surface area contributed by atoms with Gasteiger partial charge in [-0.15, -0.1) is 0 Å². The van der Waals surface area contributed by atoms with E-state index >= 15 is 0 Å². The van der Waals surface area contributed by atoms with E-state index < -0.39 is 41.1 Å². The van der Waals surface area contributed by atoms with E-state index in [1.807, 2.05) is 24.8 Å². The molecule has 3 N–H and O–H groups in total. The zero-order chi connectivity index (χ0) is 64.5. The molecule has 15 rings (SSSR count). The van der Waals surface area contributed by atoms with E-state index in [4.69, 9.17) is 13.3 Å². The molecule has 0 bridgehead atoms. The summed E-state index contributed by atoms with van der Waals surface area (Å²) in [6, 6.07) is 35.5. The van der Waals surface area contributed by atoms with Crippen LogP contribution in [0.3, 0.4) is 0 Å². The molecular formula is C71H61F4N13O6. The van der Waals surface area contributed by atoms with Crippen LogP contribution < -0.4 is 16.0 Å². The van der Waals surface area contributed by atoms with Gasteiger partial charge in [-0.2, -0.15) is 4.39 Å². The van der Waals surface area contributed by atoms with Gasteiger partial charge in [0.15, 0.2) is 34.6 Å². The first-order valence-corrected chi connectivity index (χ1v) is 31.0. The fourth-order valence-corrected chi connectivity index (χ4v) is 12.3. The molecule has 0 spiro atoms. The van der Waals surface area contributed by atoms with Crippen LogP contribution in [-0.2, 0) is 0 Å². The number of imidazole rings is 3. The van der Waals surface area contributed by atoms with Crippen molar-refractivity contribution in [2.45, 2.75) is 95.2 Å². The molecule has 0 radical (unpaired) electrons. The molecule has 3 saturated carbocycles. The van der Waals surface area contributed by atoms with E-state index in [1.165, 1.54) is 80.7 Å². The minimum absolute atomic E-state index is 0.0469. The SMILES string of the molecule is O=C(Nc1ccccc1F)c1ccc(-c2c(-c3ccc(F)nc3)ncn2C2CCCC2)o1.O=C(Nc1ccccc1F)c1ccc(-c2c(-c3cccnc3)ncn2C2CCCC2)o1.O=C(Nc1ccccc1F)c1ccc(-c2c(-c3cncnc3)ncn2C2CCCC2)o1. The molecular weight excluding hydrogens is 1210 g/mol. The Labute approximate surface area is 536 Å². The Balaban J connectivity index is 0.000000128. The molecule has 0 atom stereocenters. The van der Waals surface area contributed by atoms with Crippen molar-refractivity contribution in [2.24, 2.45) is 0 Å². The minimum atomic E-state index is -0.573. The maximum absolute atomic E-state index is 13.9. The molecule has 0 saturated heterocycles. The Morgan fingerprint density at radius 3 is 1.10 bits per heavy atom. The third-order valence-corrected chi connectivity index (χ3v) is 16.9. The summed E-state index contributed by atoms with van der Waals surface area (Å²) in [5.41, 5.74) is 6.94. The normalized spacial score (nSPS) is 14.1. The number of hydrogen-bond acceptors (Lipinski definition) is 13. The highest BCUT2D eigenvalue weighted by Gasteiger charge is 2.30. The summed E-state index contributed by atoms with van der Waals surface area (Å²) in [6.07, 6.45) is 28.5. The number of halogens is 4. The summed E-state index contributed by atoms with van der Waals surface area (Å²) in [4.78, 5) is 67.9. The summed E-state index contributed by atoms with van der Waals surface area (Å²) >= 11 is 0. The van der Waals surface area contributed by atoms with Gasteiger partial charge in [0.1, 0.15) is 57.9 Å². The largest absolute Gasteiger partial charge is 0.449 e. The molecule has 3 fully saturated rings. The number of aromatic nitrogens is 10. The van der Waals surface area contributed by atoms with E-state index in [0.29, 0.717) is 52.0 Å². The number of benzene rings is 3. The number of amides is 3. The van der Waals surface area contributed by atoms with Crippen LogP contribution in [0.2, 0.25) is 0 Å². The summed E-state index contributed by atoms with van der Waals surface area (Å²) in [5, 5.41) is 7.64. The first kappa shape index (κ1) is 61.5. The Morgan fingerprint density at radius 2 is 0.745 bits per heavy atom. The predicted molar refractivity (Wildman–Crippen MR) is 343 cm³/mol. The summed E-state index contributed by atoms with van der Waals surface area (Å²) in [5.74, 6) is -1.94. The Kier molecular flexibility index (Phi) is 18.3. The van der Waals surface area contributed by atoms with Crippen molar-refractivity contribution in [3.8, 4) is 68.1 Å². The van der Waals surface area contributed by atoms with Gasteiger partial charge in [0.05, 0.1) is 36.0 Å². The van der Waals surface area contributed by atoms with E-state index in [-0.39, 0.29) is 40.4 Å². The summed E-state index contributed by atoms with van der Waals surface area (Å²) < 4.78 is 79.1. The smallest absolute Gasteiger partial charge is 0.291 e. The van der Waals surface area contributed by atoms with E-state index in [2.05, 4.69) is 64.5 Å². The molecule has 0 aliphatic heterocycles. The number of para-hydroxylation sites is 3. The lowest BCUT2D eigenvalue weighted by atomic mass is 10.1. The van der Waals surface area contributed by atoms with Crippen LogP contribution in [0.4, 0.5) is 34.6 Å². The molecule has 23 heteroatoms. The topological polar surface area (TPSA) is 232 Å². The Morgan fingerprint density at radius 1 is 0.383 bits per heavy atom. The fourth-order valence-electron chi connectivity index (χ4n) is 12.3. The van der Waals surface area contributed by atoms with Crippen molar-refractivity contribution >= 4 is 34.8 Å². The molecule has 19 nitrogen and oxygen atoms in total. The number of carbonyl (C=O) groups is 3. The number of pyridine rings is 2. The maximum Gasteiger partial charge on any atom is 0.291 e. The van der Waals surface area contributed by atoms with Gasteiger partial charge in [-0.05, 0) is 136 Å². The van der Waals surface area contributed by atoms with Gasteiger partial charge in [-0.1, -0.05) is 74.9 Å². The number of carbonyl (C=O) groups excluding carboxylic acids is 3. The number of furan rings is 3. The molecule has 12 aromatic rings. The molecule has 3 aliphatic carbocycles. The van der Waals surface area contributed by atoms with Gasteiger partial charge in [-0.3, -0.25) is 19.4 Å². The number of nitrogens with zero attached hydrogens (tertiary/aromatic N) is 10.